The first kappa shape index (κ1) is 14.8. The number of nitrogens with one attached hydrogen (secondary N) is 1. The fourth-order valence-corrected chi connectivity index (χ4v) is 2.54. The summed E-state index contributed by atoms with van der Waals surface area (Å²) in [5, 5.41) is 0. The molecule has 0 aromatic heterocycles. The maximum Gasteiger partial charge on any atom is 0.0976 e. The normalized spacial score (nSPS) is 15.6. The molecular weight excluding hydrogens is 300 g/mol. The van der Waals surface area contributed by atoms with E-state index in [0.717, 1.165) is 10.0 Å². The van der Waals surface area contributed by atoms with Gasteiger partial charge in [-0.25, -0.2) is 8.93 Å². The second-order valence-corrected chi connectivity index (χ2v) is 7.76. The Morgan fingerprint density at radius 3 is 2.59 bits per heavy atom. The van der Waals surface area contributed by atoms with Gasteiger partial charge in [0.2, 0.25) is 0 Å². The zero-order chi connectivity index (χ0) is 13.1. The molecule has 5 heteroatoms. The second-order valence-electron chi connectivity index (χ2n) is 4.84. The van der Waals surface area contributed by atoms with Crippen molar-refractivity contribution in [2.24, 2.45) is 5.73 Å². The van der Waals surface area contributed by atoms with Gasteiger partial charge in [-0.15, -0.1) is 0 Å². The third-order valence-electron chi connectivity index (χ3n) is 2.29. The van der Waals surface area contributed by atoms with Crippen LogP contribution in [-0.4, -0.2) is 15.5 Å². The molecule has 0 aliphatic rings. The van der Waals surface area contributed by atoms with Crippen LogP contribution in [0.4, 0.5) is 0 Å². The highest BCUT2D eigenvalue weighted by atomic mass is 79.9. The molecular formula is C12H19BrN2OS. The Morgan fingerprint density at radius 2 is 2.12 bits per heavy atom. The van der Waals surface area contributed by atoms with Crippen molar-refractivity contribution in [3.63, 3.8) is 0 Å². The first-order chi connectivity index (χ1) is 7.84. The van der Waals surface area contributed by atoms with Crippen LogP contribution in [0.1, 0.15) is 32.4 Å². The smallest absolute Gasteiger partial charge is 0.0976 e. The molecule has 0 saturated carbocycles. The van der Waals surface area contributed by atoms with Crippen molar-refractivity contribution in [2.75, 3.05) is 6.54 Å². The van der Waals surface area contributed by atoms with E-state index in [9.17, 15) is 4.21 Å². The van der Waals surface area contributed by atoms with Crippen LogP contribution < -0.4 is 10.5 Å². The van der Waals surface area contributed by atoms with Gasteiger partial charge < -0.3 is 5.73 Å². The molecule has 0 unspecified atom stereocenters. The zero-order valence-corrected chi connectivity index (χ0v) is 12.8. The summed E-state index contributed by atoms with van der Waals surface area (Å²) in [7, 11) is -1.12. The van der Waals surface area contributed by atoms with Crippen LogP contribution in [0.3, 0.4) is 0 Å². The topological polar surface area (TPSA) is 55.1 Å². The summed E-state index contributed by atoms with van der Waals surface area (Å²) < 4.78 is 15.8. The van der Waals surface area contributed by atoms with Crippen LogP contribution in [0.15, 0.2) is 28.7 Å². The molecule has 3 nitrogen and oxygen atoms in total. The molecule has 1 rings (SSSR count). The largest absolute Gasteiger partial charge is 0.329 e. The van der Waals surface area contributed by atoms with Gasteiger partial charge in [0, 0.05) is 11.0 Å². The average molecular weight is 319 g/mol. The highest BCUT2D eigenvalue weighted by Gasteiger charge is 2.22. The van der Waals surface area contributed by atoms with Crippen molar-refractivity contribution in [2.45, 2.75) is 31.6 Å². The van der Waals surface area contributed by atoms with E-state index in [1.807, 2.05) is 45.0 Å². The van der Waals surface area contributed by atoms with E-state index in [0.29, 0.717) is 6.54 Å². The molecule has 0 amide bonds. The van der Waals surface area contributed by atoms with E-state index in [1.54, 1.807) is 0 Å². The van der Waals surface area contributed by atoms with E-state index in [1.165, 1.54) is 0 Å². The van der Waals surface area contributed by atoms with Crippen molar-refractivity contribution in [3.8, 4) is 0 Å². The maximum absolute atomic E-state index is 12.0. The molecule has 0 bridgehead atoms. The summed E-state index contributed by atoms with van der Waals surface area (Å²) in [6.45, 7) is 6.22. The van der Waals surface area contributed by atoms with Gasteiger partial charge in [0.1, 0.15) is 0 Å². The molecule has 0 saturated heterocycles. The average Bonchev–Trinajstić information content (AvgIpc) is 2.24. The van der Waals surface area contributed by atoms with Crippen molar-refractivity contribution >= 4 is 26.9 Å². The summed E-state index contributed by atoms with van der Waals surface area (Å²) in [4.78, 5) is 0. The lowest BCUT2D eigenvalue weighted by Crippen LogP contribution is -2.38. The lowest BCUT2D eigenvalue weighted by atomic mass is 10.1. The van der Waals surface area contributed by atoms with Crippen LogP contribution in [0.2, 0.25) is 0 Å². The van der Waals surface area contributed by atoms with Gasteiger partial charge in [-0.05, 0) is 38.5 Å². The van der Waals surface area contributed by atoms with Crippen molar-refractivity contribution in [3.05, 3.63) is 34.3 Å². The molecule has 3 N–H and O–H groups in total. The van der Waals surface area contributed by atoms with Gasteiger partial charge in [-0.1, -0.05) is 28.1 Å². The SMILES string of the molecule is CC(C)(C)[S@](=O)N[C@H](CN)c1cccc(Br)c1. The van der Waals surface area contributed by atoms with Crippen LogP contribution in [0.5, 0.6) is 0 Å². The van der Waals surface area contributed by atoms with Gasteiger partial charge in [0.25, 0.3) is 0 Å². The van der Waals surface area contributed by atoms with Gasteiger partial charge in [0.15, 0.2) is 0 Å². The molecule has 1 aromatic rings. The van der Waals surface area contributed by atoms with Crippen LogP contribution in [-0.2, 0) is 11.0 Å². The fourth-order valence-electron chi connectivity index (χ4n) is 1.28. The van der Waals surface area contributed by atoms with Crippen LogP contribution >= 0.6 is 15.9 Å². The summed E-state index contributed by atoms with van der Waals surface area (Å²) in [5.41, 5.74) is 6.78. The van der Waals surface area contributed by atoms with E-state index < -0.39 is 11.0 Å². The summed E-state index contributed by atoms with van der Waals surface area (Å²) in [6.07, 6.45) is 0. The predicted molar refractivity (Wildman–Crippen MR) is 77.0 cm³/mol. The molecule has 2 atom stereocenters. The highest BCUT2D eigenvalue weighted by Crippen LogP contribution is 2.20. The number of hydrogen-bond acceptors (Lipinski definition) is 2. The number of benzene rings is 1. The highest BCUT2D eigenvalue weighted by molar-refractivity contribution is 9.10. The molecule has 0 spiro atoms. The minimum atomic E-state index is -1.12. The minimum Gasteiger partial charge on any atom is -0.329 e. The van der Waals surface area contributed by atoms with Gasteiger partial charge in [-0.3, -0.25) is 0 Å². The molecule has 0 heterocycles. The molecule has 17 heavy (non-hydrogen) atoms. The summed E-state index contributed by atoms with van der Waals surface area (Å²) in [5.74, 6) is 0. The Balaban J connectivity index is 2.83. The van der Waals surface area contributed by atoms with Crippen LogP contribution in [0.25, 0.3) is 0 Å². The molecule has 0 aliphatic carbocycles. The van der Waals surface area contributed by atoms with Gasteiger partial charge in [-0.2, -0.15) is 0 Å². The summed E-state index contributed by atoms with van der Waals surface area (Å²) >= 11 is 3.42. The molecule has 0 fully saturated rings. The molecule has 0 radical (unpaired) electrons. The lowest BCUT2D eigenvalue weighted by molar-refractivity contribution is 0.602. The first-order valence-corrected chi connectivity index (χ1v) is 7.42. The first-order valence-electron chi connectivity index (χ1n) is 5.48. The molecule has 96 valence electrons. The lowest BCUT2D eigenvalue weighted by Gasteiger charge is -2.23. The van der Waals surface area contributed by atoms with Crippen molar-refractivity contribution in [1.29, 1.82) is 0 Å². The van der Waals surface area contributed by atoms with Gasteiger partial charge in [0.05, 0.1) is 21.8 Å². The Bertz CT molecular complexity index is 404. The van der Waals surface area contributed by atoms with E-state index >= 15 is 0 Å². The number of hydrogen-bond donors (Lipinski definition) is 2. The van der Waals surface area contributed by atoms with E-state index in [2.05, 4.69) is 20.7 Å². The Kier molecular flexibility index (Phi) is 5.31. The number of rotatable bonds is 4. The Hall–Kier alpha value is -0.230. The maximum atomic E-state index is 12.0. The zero-order valence-electron chi connectivity index (χ0n) is 10.4. The third kappa shape index (κ3) is 4.50. The fraction of sp³-hybridized carbons (Fsp3) is 0.500. The molecule has 0 aliphatic heterocycles. The minimum absolute atomic E-state index is 0.0902. The monoisotopic (exact) mass is 318 g/mol. The van der Waals surface area contributed by atoms with Crippen molar-refractivity contribution < 1.29 is 4.21 Å². The summed E-state index contributed by atoms with van der Waals surface area (Å²) in [6, 6.07) is 7.79. The molecule has 1 aromatic carbocycles. The third-order valence-corrected chi connectivity index (χ3v) is 4.40. The second kappa shape index (κ2) is 6.09. The quantitative estimate of drug-likeness (QED) is 0.896. The standard InChI is InChI=1S/C12H19BrN2OS/c1-12(2,3)17(16)15-11(8-14)9-5-4-6-10(13)7-9/h4-7,11,15H,8,14H2,1-3H3/t11-,17+/m1/s1. The predicted octanol–water partition coefficient (Wildman–Crippen LogP) is 2.50. The Labute approximate surface area is 114 Å². The number of halogens is 1. The van der Waals surface area contributed by atoms with E-state index in [-0.39, 0.29) is 10.8 Å². The van der Waals surface area contributed by atoms with E-state index in [4.69, 9.17) is 5.73 Å². The van der Waals surface area contributed by atoms with Gasteiger partial charge >= 0.3 is 0 Å². The number of nitrogens with two attached hydrogens (primary N) is 1. The van der Waals surface area contributed by atoms with Crippen LogP contribution in [0, 0.1) is 0 Å². The Morgan fingerprint density at radius 1 is 1.47 bits per heavy atom. The van der Waals surface area contributed by atoms with Crippen molar-refractivity contribution in [1.82, 2.24) is 4.72 Å².